The summed E-state index contributed by atoms with van der Waals surface area (Å²) in [7, 11) is 1.66. The monoisotopic (exact) mass is 203 g/mol. The topological polar surface area (TPSA) is 79.9 Å². The molecule has 0 aromatic heterocycles. The van der Waals surface area contributed by atoms with E-state index in [0.29, 0.717) is 6.54 Å². The molecule has 14 heavy (non-hydrogen) atoms. The van der Waals surface area contributed by atoms with Crippen molar-refractivity contribution in [3.8, 4) is 0 Å². The minimum Gasteiger partial charge on any atom is -0.409 e. The smallest absolute Gasteiger partial charge is 0.156 e. The summed E-state index contributed by atoms with van der Waals surface area (Å²) in [5.74, 6) is 0.208. The maximum atomic E-state index is 8.51. The predicted molar refractivity (Wildman–Crippen MR) is 56.6 cm³/mol. The van der Waals surface area contributed by atoms with Gasteiger partial charge in [0.05, 0.1) is 11.6 Å². The number of nitrogens with zero attached hydrogens (tertiary/aromatic N) is 1. The van der Waals surface area contributed by atoms with E-state index in [0.717, 1.165) is 6.42 Å². The molecule has 0 aromatic rings. The molecule has 1 unspecified atom stereocenters. The molecule has 0 saturated carbocycles. The molecule has 0 aliphatic rings. The molecule has 84 valence electrons. The molecule has 0 aliphatic heterocycles. The molecule has 0 bridgehead atoms. The summed E-state index contributed by atoms with van der Waals surface area (Å²) in [6.45, 7) is 6.56. The fraction of sp³-hybridized carbons (Fsp3) is 0.889. The quantitative estimate of drug-likeness (QED) is 0.254. The molecule has 0 fully saturated rings. The van der Waals surface area contributed by atoms with Gasteiger partial charge in [0.2, 0.25) is 0 Å². The van der Waals surface area contributed by atoms with Crippen LogP contribution in [-0.2, 0) is 4.74 Å². The fourth-order valence-electron chi connectivity index (χ4n) is 0.969. The molecule has 0 aromatic carbocycles. The van der Waals surface area contributed by atoms with Crippen LogP contribution in [0.3, 0.4) is 0 Å². The van der Waals surface area contributed by atoms with E-state index in [1.807, 2.05) is 20.8 Å². The van der Waals surface area contributed by atoms with Crippen LogP contribution in [0, 0.1) is 0 Å². The zero-order chi connectivity index (χ0) is 11.2. The van der Waals surface area contributed by atoms with Crippen LogP contribution >= 0.6 is 0 Å². The van der Waals surface area contributed by atoms with Crippen LogP contribution in [0.5, 0.6) is 0 Å². The maximum Gasteiger partial charge on any atom is 0.156 e. The zero-order valence-electron chi connectivity index (χ0n) is 9.37. The van der Waals surface area contributed by atoms with Crippen molar-refractivity contribution in [3.05, 3.63) is 0 Å². The molecule has 0 aliphatic carbocycles. The van der Waals surface area contributed by atoms with E-state index < -0.39 is 0 Å². The van der Waals surface area contributed by atoms with Crippen molar-refractivity contribution in [2.75, 3.05) is 13.7 Å². The second-order valence-electron chi connectivity index (χ2n) is 3.83. The van der Waals surface area contributed by atoms with Gasteiger partial charge in [-0.1, -0.05) is 12.1 Å². The molecule has 0 amide bonds. The Labute approximate surface area is 85.3 Å². The molecule has 0 heterocycles. The van der Waals surface area contributed by atoms with Gasteiger partial charge < -0.3 is 21.0 Å². The number of rotatable bonds is 6. The zero-order valence-corrected chi connectivity index (χ0v) is 9.37. The first kappa shape index (κ1) is 13.2. The van der Waals surface area contributed by atoms with Crippen molar-refractivity contribution in [2.24, 2.45) is 10.9 Å². The maximum absolute atomic E-state index is 8.51. The van der Waals surface area contributed by atoms with Crippen molar-refractivity contribution in [1.29, 1.82) is 0 Å². The van der Waals surface area contributed by atoms with Gasteiger partial charge in [-0.05, 0) is 20.3 Å². The van der Waals surface area contributed by atoms with Crippen LogP contribution in [0.4, 0.5) is 0 Å². The van der Waals surface area contributed by atoms with E-state index in [9.17, 15) is 0 Å². The number of ether oxygens (including phenoxy) is 1. The van der Waals surface area contributed by atoms with Gasteiger partial charge >= 0.3 is 0 Å². The summed E-state index contributed by atoms with van der Waals surface area (Å²) in [6.07, 6.45) is 0.773. The minimum atomic E-state index is -0.247. The first-order chi connectivity index (χ1) is 6.46. The number of nitrogens with two attached hydrogens (primary N) is 1. The highest BCUT2D eigenvalue weighted by molar-refractivity contribution is 5.85. The molecule has 4 N–H and O–H groups in total. The standard InChI is InChI=1S/C9H21N3O2/c1-5-7(8(10)12-13)11-6-9(2,3)14-4/h7,11,13H,5-6H2,1-4H3,(H2,10,12). The highest BCUT2D eigenvalue weighted by atomic mass is 16.5. The number of hydrogen-bond acceptors (Lipinski definition) is 4. The van der Waals surface area contributed by atoms with Crippen molar-refractivity contribution in [1.82, 2.24) is 5.32 Å². The van der Waals surface area contributed by atoms with Gasteiger partial charge in [0.25, 0.3) is 0 Å². The lowest BCUT2D eigenvalue weighted by molar-refractivity contribution is 0.0223. The molecule has 0 radical (unpaired) electrons. The summed E-state index contributed by atoms with van der Waals surface area (Å²) in [4.78, 5) is 0. The molecule has 0 rings (SSSR count). The minimum absolute atomic E-state index is 0.102. The molecular weight excluding hydrogens is 182 g/mol. The first-order valence-electron chi connectivity index (χ1n) is 4.72. The van der Waals surface area contributed by atoms with E-state index >= 15 is 0 Å². The predicted octanol–water partition coefficient (Wildman–Crippen LogP) is 0.526. The van der Waals surface area contributed by atoms with Gasteiger partial charge in [0, 0.05) is 13.7 Å². The van der Waals surface area contributed by atoms with E-state index in [1.54, 1.807) is 7.11 Å². The number of nitrogens with one attached hydrogen (secondary N) is 1. The van der Waals surface area contributed by atoms with Crippen molar-refractivity contribution in [2.45, 2.75) is 38.8 Å². The molecule has 0 saturated heterocycles. The van der Waals surface area contributed by atoms with Crippen molar-refractivity contribution >= 4 is 5.84 Å². The highest BCUT2D eigenvalue weighted by Gasteiger charge is 2.19. The Kier molecular flexibility index (Phi) is 5.49. The Morgan fingerprint density at radius 3 is 2.57 bits per heavy atom. The normalized spacial score (nSPS) is 15.6. The average Bonchev–Trinajstić information content (AvgIpc) is 2.18. The second kappa shape index (κ2) is 5.82. The Bertz CT molecular complexity index is 192. The van der Waals surface area contributed by atoms with Gasteiger partial charge in [-0.25, -0.2) is 0 Å². The molecule has 5 nitrogen and oxygen atoms in total. The van der Waals surface area contributed by atoms with Crippen LogP contribution in [0.15, 0.2) is 5.16 Å². The molecular formula is C9H21N3O2. The van der Waals surface area contributed by atoms with Crippen molar-refractivity contribution < 1.29 is 9.94 Å². The van der Waals surface area contributed by atoms with E-state index in [1.165, 1.54) is 0 Å². The summed E-state index contributed by atoms with van der Waals surface area (Å²) in [5.41, 5.74) is 5.25. The number of methoxy groups -OCH3 is 1. The fourth-order valence-corrected chi connectivity index (χ4v) is 0.969. The van der Waals surface area contributed by atoms with Gasteiger partial charge in [0.1, 0.15) is 0 Å². The van der Waals surface area contributed by atoms with E-state index in [4.69, 9.17) is 15.7 Å². The van der Waals surface area contributed by atoms with Crippen LogP contribution in [0.1, 0.15) is 27.2 Å². The molecule has 5 heteroatoms. The SMILES string of the molecule is CCC(NCC(C)(C)OC)C(N)=NO. The van der Waals surface area contributed by atoms with Gasteiger partial charge in [-0.2, -0.15) is 0 Å². The Morgan fingerprint density at radius 1 is 1.64 bits per heavy atom. The molecule has 1 atom stereocenters. The third-order valence-corrected chi connectivity index (χ3v) is 2.21. The lowest BCUT2D eigenvalue weighted by Crippen LogP contribution is -2.47. The van der Waals surface area contributed by atoms with Crippen molar-refractivity contribution in [3.63, 3.8) is 0 Å². The number of oxime groups is 1. The lowest BCUT2D eigenvalue weighted by atomic mass is 10.1. The van der Waals surface area contributed by atoms with Crippen LogP contribution in [0.25, 0.3) is 0 Å². The number of amidine groups is 1. The van der Waals surface area contributed by atoms with E-state index in [2.05, 4.69) is 10.5 Å². The summed E-state index contributed by atoms with van der Waals surface area (Å²) in [6, 6.07) is -0.102. The largest absolute Gasteiger partial charge is 0.409 e. The number of hydrogen-bond donors (Lipinski definition) is 3. The van der Waals surface area contributed by atoms with Gasteiger partial charge in [-0.3, -0.25) is 0 Å². The van der Waals surface area contributed by atoms with E-state index in [-0.39, 0.29) is 17.5 Å². The Morgan fingerprint density at radius 2 is 2.21 bits per heavy atom. The Balaban J connectivity index is 4.09. The van der Waals surface area contributed by atoms with Gasteiger partial charge in [-0.15, -0.1) is 0 Å². The van der Waals surface area contributed by atoms with Crippen LogP contribution < -0.4 is 11.1 Å². The van der Waals surface area contributed by atoms with Gasteiger partial charge in [0.15, 0.2) is 5.84 Å². The summed E-state index contributed by atoms with van der Waals surface area (Å²) < 4.78 is 5.24. The van der Waals surface area contributed by atoms with Crippen LogP contribution in [0.2, 0.25) is 0 Å². The summed E-state index contributed by atoms with van der Waals surface area (Å²) in [5, 5.41) is 14.7. The lowest BCUT2D eigenvalue weighted by Gasteiger charge is -2.26. The highest BCUT2D eigenvalue weighted by Crippen LogP contribution is 2.05. The third-order valence-electron chi connectivity index (χ3n) is 2.21. The average molecular weight is 203 g/mol. The third kappa shape index (κ3) is 4.43. The summed E-state index contributed by atoms with van der Waals surface area (Å²) >= 11 is 0. The molecule has 0 spiro atoms. The van der Waals surface area contributed by atoms with Crippen LogP contribution in [-0.4, -0.2) is 36.3 Å². The first-order valence-corrected chi connectivity index (χ1v) is 4.72. The Hall–Kier alpha value is -0.810. The second-order valence-corrected chi connectivity index (χ2v) is 3.83.